The van der Waals surface area contributed by atoms with Gasteiger partial charge in [-0.15, -0.1) is 12.4 Å². The number of carbonyl (C=O) groups is 1. The van der Waals surface area contributed by atoms with E-state index in [0.717, 1.165) is 50.9 Å². The van der Waals surface area contributed by atoms with Crippen molar-refractivity contribution in [2.24, 2.45) is 17.6 Å². The first-order valence-corrected chi connectivity index (χ1v) is 9.37. The highest BCUT2D eigenvalue weighted by Crippen LogP contribution is 2.52. The van der Waals surface area contributed by atoms with Crippen LogP contribution >= 0.6 is 12.4 Å². The quantitative estimate of drug-likeness (QED) is 0.821. The zero-order chi connectivity index (χ0) is 17.7. The highest BCUT2D eigenvalue weighted by Gasteiger charge is 2.54. The van der Waals surface area contributed by atoms with Crippen molar-refractivity contribution in [3.63, 3.8) is 0 Å². The monoisotopic (exact) mass is 380 g/mol. The Balaban J connectivity index is 0.00000196. The number of ether oxygens (including phenoxy) is 1. The topological polar surface area (TPSA) is 75.8 Å². The highest BCUT2D eigenvalue weighted by molar-refractivity contribution is 5.92. The molecule has 2 bridgehead atoms. The van der Waals surface area contributed by atoms with E-state index in [4.69, 9.17) is 10.5 Å². The number of β-amino-alcohol motifs (C(OH)–C–C–N with tert-alkyl or cyclic N) is 1. The summed E-state index contributed by atoms with van der Waals surface area (Å²) < 4.78 is 6.22. The molecule has 6 heteroatoms. The van der Waals surface area contributed by atoms with E-state index < -0.39 is 11.5 Å². The molecule has 1 saturated heterocycles. The Hall–Kier alpha value is -1.14. The number of piperidine rings is 1. The van der Waals surface area contributed by atoms with Gasteiger partial charge in [0.2, 0.25) is 5.91 Å². The van der Waals surface area contributed by atoms with E-state index in [9.17, 15) is 9.90 Å². The van der Waals surface area contributed by atoms with Crippen molar-refractivity contribution in [3.05, 3.63) is 35.4 Å². The summed E-state index contributed by atoms with van der Waals surface area (Å²) in [6.07, 6.45) is 5.29. The van der Waals surface area contributed by atoms with E-state index in [1.807, 2.05) is 12.1 Å². The third kappa shape index (κ3) is 3.26. The summed E-state index contributed by atoms with van der Waals surface area (Å²) in [4.78, 5) is 14.1. The molecule has 26 heavy (non-hydrogen) atoms. The molecule has 144 valence electrons. The first-order chi connectivity index (χ1) is 12.0. The number of primary amides is 1. The third-order valence-corrected chi connectivity index (χ3v) is 6.56. The van der Waals surface area contributed by atoms with Gasteiger partial charge in [0.25, 0.3) is 0 Å². The summed E-state index contributed by atoms with van der Waals surface area (Å²) in [6, 6.07) is 7.67. The van der Waals surface area contributed by atoms with Crippen LogP contribution in [-0.4, -0.2) is 48.3 Å². The van der Waals surface area contributed by atoms with Crippen LogP contribution in [0.2, 0.25) is 0 Å². The Labute approximate surface area is 161 Å². The Bertz CT molecular complexity index is 663. The molecular formula is C20H29ClN2O3. The van der Waals surface area contributed by atoms with Gasteiger partial charge in [-0.3, -0.25) is 9.69 Å². The lowest BCUT2D eigenvalue weighted by molar-refractivity contribution is -0.172. The summed E-state index contributed by atoms with van der Waals surface area (Å²) in [7, 11) is 1.80. The van der Waals surface area contributed by atoms with E-state index in [1.54, 1.807) is 13.2 Å². The lowest BCUT2D eigenvalue weighted by Crippen LogP contribution is -2.60. The third-order valence-electron chi connectivity index (χ3n) is 6.56. The number of carbonyl (C=O) groups excluding carboxylic acids is 1. The van der Waals surface area contributed by atoms with Gasteiger partial charge >= 0.3 is 0 Å². The van der Waals surface area contributed by atoms with Crippen LogP contribution in [0.25, 0.3) is 0 Å². The smallest absolute Gasteiger partial charge is 0.248 e. The standard InChI is InChI=1S/C20H28N2O3.ClH/c1-25-20(15-5-2-4-14(10-15)18(21)23)16-6-3-7-17(20)12-22(11-16)13-19(24)8-9-19;/h2,4-5,10,16-17,24H,3,6-9,11-13H2,1H3,(H2,21,23);1H/t16-,17+,20-;. The number of likely N-dealkylation sites (tertiary alicyclic amines) is 1. The molecule has 1 amide bonds. The Morgan fingerprint density at radius 1 is 1.31 bits per heavy atom. The van der Waals surface area contributed by atoms with E-state index >= 15 is 0 Å². The number of hydrogen-bond donors (Lipinski definition) is 2. The first kappa shape index (κ1) is 19.6. The minimum absolute atomic E-state index is 0. The molecule has 1 aromatic rings. The van der Waals surface area contributed by atoms with Gasteiger partial charge in [-0.25, -0.2) is 0 Å². The number of fused-ring (bicyclic) bond motifs is 2. The van der Waals surface area contributed by atoms with Crippen LogP contribution in [0.5, 0.6) is 0 Å². The highest BCUT2D eigenvalue weighted by atomic mass is 35.5. The van der Waals surface area contributed by atoms with E-state index in [2.05, 4.69) is 11.0 Å². The van der Waals surface area contributed by atoms with Crippen molar-refractivity contribution in [2.45, 2.75) is 43.3 Å². The molecule has 5 nitrogen and oxygen atoms in total. The summed E-state index contributed by atoms with van der Waals surface area (Å²) in [5.41, 5.74) is 6.31. The van der Waals surface area contributed by atoms with Crippen molar-refractivity contribution in [3.8, 4) is 0 Å². The van der Waals surface area contributed by atoms with E-state index in [1.165, 1.54) is 6.42 Å². The molecule has 0 aromatic heterocycles. The molecule has 0 radical (unpaired) electrons. The lowest BCUT2D eigenvalue weighted by Gasteiger charge is -2.55. The Morgan fingerprint density at radius 2 is 1.96 bits per heavy atom. The fourth-order valence-electron chi connectivity index (χ4n) is 5.21. The van der Waals surface area contributed by atoms with Gasteiger partial charge in [-0.2, -0.15) is 0 Å². The van der Waals surface area contributed by atoms with Crippen molar-refractivity contribution in [2.75, 3.05) is 26.7 Å². The number of rotatable bonds is 5. The molecule has 0 spiro atoms. The molecule has 3 fully saturated rings. The van der Waals surface area contributed by atoms with Crippen molar-refractivity contribution >= 4 is 18.3 Å². The average Bonchev–Trinajstić information content (AvgIpc) is 3.31. The number of nitrogens with two attached hydrogens (primary N) is 1. The summed E-state index contributed by atoms with van der Waals surface area (Å²) in [5, 5.41) is 10.3. The molecule has 3 aliphatic rings. The van der Waals surface area contributed by atoms with Crippen LogP contribution in [0, 0.1) is 11.8 Å². The maximum atomic E-state index is 11.6. The molecule has 3 N–H and O–H groups in total. The van der Waals surface area contributed by atoms with Crippen LogP contribution in [0.1, 0.15) is 48.0 Å². The number of hydrogen-bond acceptors (Lipinski definition) is 4. The van der Waals surface area contributed by atoms with Crippen LogP contribution in [0.4, 0.5) is 0 Å². The van der Waals surface area contributed by atoms with Gasteiger partial charge in [-0.05, 0) is 43.4 Å². The fourth-order valence-corrected chi connectivity index (χ4v) is 5.21. The van der Waals surface area contributed by atoms with Crippen LogP contribution in [0.15, 0.2) is 24.3 Å². The van der Waals surface area contributed by atoms with Crippen molar-refractivity contribution in [1.29, 1.82) is 0 Å². The predicted octanol–water partition coefficient (Wildman–Crippen LogP) is 2.31. The molecule has 2 saturated carbocycles. The maximum Gasteiger partial charge on any atom is 0.248 e. The van der Waals surface area contributed by atoms with Gasteiger partial charge in [0.1, 0.15) is 5.60 Å². The number of amides is 1. The Kier molecular flexibility index (Phi) is 5.37. The first-order valence-electron chi connectivity index (χ1n) is 9.37. The molecule has 1 heterocycles. The number of benzene rings is 1. The number of halogens is 1. The summed E-state index contributed by atoms with van der Waals surface area (Å²) in [5.74, 6) is 0.345. The van der Waals surface area contributed by atoms with Gasteiger partial charge in [0, 0.05) is 44.1 Å². The molecule has 3 atom stereocenters. The maximum absolute atomic E-state index is 11.6. The van der Waals surface area contributed by atoms with Crippen molar-refractivity contribution in [1.82, 2.24) is 4.90 Å². The van der Waals surface area contributed by atoms with Gasteiger partial charge in [0.15, 0.2) is 0 Å². The largest absolute Gasteiger partial charge is 0.389 e. The second-order valence-electron chi connectivity index (χ2n) is 8.19. The van der Waals surface area contributed by atoms with Gasteiger partial charge < -0.3 is 15.6 Å². The van der Waals surface area contributed by atoms with E-state index in [-0.39, 0.29) is 18.0 Å². The predicted molar refractivity (Wildman–Crippen MR) is 102 cm³/mol. The van der Waals surface area contributed by atoms with Crippen molar-refractivity contribution < 1.29 is 14.6 Å². The fraction of sp³-hybridized carbons (Fsp3) is 0.650. The average molecular weight is 381 g/mol. The van der Waals surface area contributed by atoms with E-state index in [0.29, 0.717) is 17.4 Å². The zero-order valence-electron chi connectivity index (χ0n) is 15.3. The summed E-state index contributed by atoms with van der Waals surface area (Å²) >= 11 is 0. The molecule has 1 aliphatic heterocycles. The molecule has 4 rings (SSSR count). The second kappa shape index (κ2) is 7.12. The molecule has 0 unspecified atom stereocenters. The second-order valence-corrected chi connectivity index (χ2v) is 8.19. The van der Waals surface area contributed by atoms with Crippen LogP contribution < -0.4 is 5.73 Å². The minimum atomic E-state index is -0.451. The summed E-state index contributed by atoms with van der Waals surface area (Å²) in [6.45, 7) is 2.65. The lowest BCUT2D eigenvalue weighted by atomic mass is 9.62. The van der Waals surface area contributed by atoms with Gasteiger partial charge in [-0.1, -0.05) is 18.6 Å². The number of aliphatic hydroxyl groups is 1. The number of methoxy groups -OCH3 is 1. The molecular weight excluding hydrogens is 352 g/mol. The minimum Gasteiger partial charge on any atom is -0.389 e. The molecule has 2 aliphatic carbocycles. The van der Waals surface area contributed by atoms with Gasteiger partial charge in [0.05, 0.1) is 5.60 Å². The number of nitrogens with zero attached hydrogens (tertiary/aromatic N) is 1. The normalized spacial score (nSPS) is 32.5. The van der Waals surface area contributed by atoms with Crippen LogP contribution in [-0.2, 0) is 10.3 Å². The van der Waals surface area contributed by atoms with Crippen LogP contribution in [0.3, 0.4) is 0 Å². The SMILES string of the molecule is CO[C@]1(c2cccc(C(N)=O)c2)[C@@H]2CCC[C@H]1CN(CC1(O)CC1)C2.Cl. The zero-order valence-corrected chi connectivity index (χ0v) is 16.1. The molecule has 1 aromatic carbocycles. The Morgan fingerprint density at radius 3 is 2.50 bits per heavy atom.